The van der Waals surface area contributed by atoms with Crippen LogP contribution in [0.2, 0.25) is 0 Å². The number of benzene rings is 10. The lowest BCUT2D eigenvalue weighted by Gasteiger charge is -2.11. The van der Waals surface area contributed by atoms with Gasteiger partial charge >= 0.3 is 0 Å². The number of hydrogen-bond acceptors (Lipinski definition) is 7. The lowest BCUT2D eigenvalue weighted by Crippen LogP contribution is -2.00. The third kappa shape index (κ3) is 6.73. The number of rotatable bonds is 7. The maximum atomic E-state index is 6.11. The van der Waals surface area contributed by atoms with Crippen LogP contribution < -0.4 is 0 Å². The molecule has 0 spiro atoms. The number of hydrogen-bond donors (Lipinski definition) is 0. The molecule has 8 heteroatoms. The first kappa shape index (κ1) is 38.7. The number of oxazole rings is 2. The van der Waals surface area contributed by atoms with E-state index in [2.05, 4.69) is 162 Å². The number of aromatic nitrogens is 6. The molecule has 14 aromatic rings. The van der Waals surface area contributed by atoms with Crippen molar-refractivity contribution in [1.29, 1.82) is 0 Å². The predicted molar refractivity (Wildman–Crippen MR) is 277 cm³/mol. The number of para-hydroxylation sites is 6. The van der Waals surface area contributed by atoms with Crippen molar-refractivity contribution in [2.45, 2.75) is 0 Å². The molecule has 0 aliphatic carbocycles. The highest BCUT2D eigenvalue weighted by molar-refractivity contribution is 6.10. The Balaban J connectivity index is 0.849. The van der Waals surface area contributed by atoms with Crippen molar-refractivity contribution < 1.29 is 8.83 Å². The zero-order valence-electron chi connectivity index (χ0n) is 36.8. The van der Waals surface area contributed by atoms with Gasteiger partial charge in [-0.3, -0.25) is 0 Å². The molecule has 0 amide bonds. The molecule has 0 atom stereocenters. The summed E-state index contributed by atoms with van der Waals surface area (Å²) >= 11 is 0. The largest absolute Gasteiger partial charge is 0.436 e. The fourth-order valence-electron chi connectivity index (χ4n) is 9.61. The smallest absolute Gasteiger partial charge is 0.227 e. The van der Waals surface area contributed by atoms with Crippen molar-refractivity contribution in [3.63, 3.8) is 0 Å². The second kappa shape index (κ2) is 15.5. The van der Waals surface area contributed by atoms with Crippen molar-refractivity contribution in [3.05, 3.63) is 218 Å². The molecule has 69 heavy (non-hydrogen) atoms. The van der Waals surface area contributed by atoms with Gasteiger partial charge in [0.2, 0.25) is 11.8 Å². The van der Waals surface area contributed by atoms with Crippen molar-refractivity contribution in [2.24, 2.45) is 0 Å². The van der Waals surface area contributed by atoms with E-state index in [1.807, 2.05) is 60.7 Å². The maximum absolute atomic E-state index is 6.11. The molecular weight excluding hydrogens is 849 g/mol. The van der Waals surface area contributed by atoms with Crippen LogP contribution in [0, 0.1) is 0 Å². The molecular formula is C61H36N6O2. The summed E-state index contributed by atoms with van der Waals surface area (Å²) in [4.78, 5) is 25.0. The van der Waals surface area contributed by atoms with Gasteiger partial charge in [-0.25, -0.2) is 24.9 Å². The van der Waals surface area contributed by atoms with Crippen LogP contribution in [0.3, 0.4) is 0 Å². The first-order chi connectivity index (χ1) is 34.1. The van der Waals surface area contributed by atoms with E-state index in [1.54, 1.807) is 0 Å². The van der Waals surface area contributed by atoms with Crippen LogP contribution in [-0.2, 0) is 0 Å². The van der Waals surface area contributed by atoms with Gasteiger partial charge in [0.1, 0.15) is 11.0 Å². The molecule has 0 fully saturated rings. The van der Waals surface area contributed by atoms with Crippen molar-refractivity contribution in [2.75, 3.05) is 0 Å². The Hall–Kier alpha value is -9.53. The minimum absolute atomic E-state index is 0.579. The first-order valence-electron chi connectivity index (χ1n) is 22.9. The normalized spacial score (nSPS) is 11.8. The molecule has 8 nitrogen and oxygen atoms in total. The maximum Gasteiger partial charge on any atom is 0.227 e. The molecule has 0 N–H and O–H groups in total. The highest BCUT2D eigenvalue weighted by Gasteiger charge is 2.17. The van der Waals surface area contributed by atoms with Gasteiger partial charge in [-0.1, -0.05) is 127 Å². The summed E-state index contributed by atoms with van der Waals surface area (Å²) in [5, 5.41) is 6.62. The van der Waals surface area contributed by atoms with Gasteiger partial charge in [0.25, 0.3) is 0 Å². The van der Waals surface area contributed by atoms with Gasteiger partial charge in [0.05, 0.1) is 11.0 Å². The lowest BCUT2D eigenvalue weighted by molar-refractivity contribution is 0.619. The third-order valence-corrected chi connectivity index (χ3v) is 13.1. The van der Waals surface area contributed by atoms with Crippen LogP contribution in [0.15, 0.2) is 227 Å². The lowest BCUT2D eigenvalue weighted by atomic mass is 10.0. The van der Waals surface area contributed by atoms with E-state index in [4.69, 9.17) is 33.8 Å². The van der Waals surface area contributed by atoms with E-state index in [1.165, 1.54) is 21.8 Å². The van der Waals surface area contributed by atoms with Gasteiger partial charge in [-0.05, 0) is 124 Å². The van der Waals surface area contributed by atoms with Gasteiger partial charge in [0, 0.05) is 44.3 Å². The Labute approximate surface area is 394 Å². The van der Waals surface area contributed by atoms with Crippen LogP contribution in [-0.4, -0.2) is 29.5 Å². The second-order valence-corrected chi connectivity index (χ2v) is 17.3. The molecule has 4 heterocycles. The number of fused-ring (bicyclic) bond motifs is 7. The average Bonchev–Trinajstić information content (AvgIpc) is 4.15. The van der Waals surface area contributed by atoms with Gasteiger partial charge in [-0.15, -0.1) is 0 Å². The molecule has 0 saturated carbocycles. The Morgan fingerprint density at radius 3 is 1.30 bits per heavy atom. The Kier molecular flexibility index (Phi) is 8.72. The van der Waals surface area contributed by atoms with E-state index in [0.717, 1.165) is 88.4 Å². The quantitative estimate of drug-likeness (QED) is 0.157. The van der Waals surface area contributed by atoms with Crippen LogP contribution >= 0.6 is 0 Å². The summed E-state index contributed by atoms with van der Waals surface area (Å²) in [6.07, 6.45) is 0. The minimum Gasteiger partial charge on any atom is -0.436 e. The Morgan fingerprint density at radius 2 is 0.725 bits per heavy atom. The van der Waals surface area contributed by atoms with Crippen molar-refractivity contribution >= 4 is 65.6 Å². The molecule has 322 valence electrons. The summed E-state index contributed by atoms with van der Waals surface area (Å²) in [7, 11) is 0. The van der Waals surface area contributed by atoms with Crippen LogP contribution in [0.25, 0.3) is 139 Å². The summed E-state index contributed by atoms with van der Waals surface area (Å²) in [5.41, 5.74) is 13.4. The predicted octanol–water partition coefficient (Wildman–Crippen LogP) is 15.6. The summed E-state index contributed by atoms with van der Waals surface area (Å²) in [6, 6.07) is 75.2. The summed E-state index contributed by atoms with van der Waals surface area (Å²) in [6.45, 7) is 0. The van der Waals surface area contributed by atoms with E-state index in [9.17, 15) is 0 Å². The number of nitrogens with zero attached hydrogens (tertiary/aromatic N) is 6. The standard InChI is InChI=1S/C61H36N6O2/c1-2-10-48(11-3-1)67-53-15-7-4-12-49(53)50-36-43(30-31-54(50)67)37-18-20-38(21-19-37)57-64-58(44-26-22-41-34-46(28-24-39(41)32-44)60-62-51-13-5-8-16-55(51)68-60)66-59(65-57)45-27-23-42-35-47(29-25-40(42)33-45)61-63-52-14-6-9-17-56(52)69-61/h1-36H. The summed E-state index contributed by atoms with van der Waals surface area (Å²) < 4.78 is 14.6. The molecule has 0 radical (unpaired) electrons. The highest BCUT2D eigenvalue weighted by Crippen LogP contribution is 2.37. The summed E-state index contributed by atoms with van der Waals surface area (Å²) in [5.74, 6) is 2.93. The fraction of sp³-hybridized carbons (Fsp3) is 0. The monoisotopic (exact) mass is 884 g/mol. The van der Waals surface area contributed by atoms with Crippen molar-refractivity contribution in [1.82, 2.24) is 29.5 Å². The van der Waals surface area contributed by atoms with Crippen molar-refractivity contribution in [3.8, 4) is 73.9 Å². The minimum atomic E-state index is 0.579. The highest BCUT2D eigenvalue weighted by atomic mass is 16.4. The molecule has 0 bridgehead atoms. The topological polar surface area (TPSA) is 95.7 Å². The molecule has 0 aliphatic rings. The van der Waals surface area contributed by atoms with E-state index < -0.39 is 0 Å². The SMILES string of the molecule is c1ccc(-n2c3ccccc3c3cc(-c4ccc(-c5nc(-c6ccc7cc(-c8nc9ccccc9o8)ccc7c6)nc(-c6ccc7cc(-c8nc9ccccc9o8)ccc7c6)n5)cc4)ccc32)cc1. The molecule has 0 unspecified atom stereocenters. The van der Waals surface area contributed by atoms with Crippen LogP contribution in [0.5, 0.6) is 0 Å². The first-order valence-corrected chi connectivity index (χ1v) is 22.9. The zero-order valence-corrected chi connectivity index (χ0v) is 36.8. The Morgan fingerprint density at radius 1 is 0.290 bits per heavy atom. The molecule has 14 rings (SSSR count). The van der Waals surface area contributed by atoms with E-state index >= 15 is 0 Å². The zero-order chi connectivity index (χ0) is 45.4. The van der Waals surface area contributed by atoms with Gasteiger partial charge in [0.15, 0.2) is 28.6 Å². The van der Waals surface area contributed by atoms with E-state index in [0.29, 0.717) is 29.3 Å². The fourth-order valence-corrected chi connectivity index (χ4v) is 9.61. The Bertz CT molecular complexity index is 4080. The molecule has 10 aromatic carbocycles. The van der Waals surface area contributed by atoms with Crippen LogP contribution in [0.1, 0.15) is 0 Å². The average molecular weight is 885 g/mol. The molecule has 0 saturated heterocycles. The van der Waals surface area contributed by atoms with E-state index in [-0.39, 0.29) is 0 Å². The molecule has 4 aromatic heterocycles. The third-order valence-electron chi connectivity index (χ3n) is 13.1. The molecule has 0 aliphatic heterocycles. The second-order valence-electron chi connectivity index (χ2n) is 17.3. The van der Waals surface area contributed by atoms with Gasteiger partial charge < -0.3 is 13.4 Å². The van der Waals surface area contributed by atoms with Gasteiger partial charge in [-0.2, -0.15) is 0 Å². The van der Waals surface area contributed by atoms with Crippen LogP contribution in [0.4, 0.5) is 0 Å².